The highest BCUT2D eigenvalue weighted by atomic mass is 32.1. The minimum atomic E-state index is 0.0747. The van der Waals surface area contributed by atoms with Gasteiger partial charge in [-0.25, -0.2) is 4.98 Å². The Hall–Kier alpha value is -1.39. The van der Waals surface area contributed by atoms with Crippen molar-refractivity contribution in [1.82, 2.24) is 4.98 Å². The average molecular weight is 246 g/mol. The fourth-order valence-electron chi connectivity index (χ4n) is 2.21. The summed E-state index contributed by atoms with van der Waals surface area (Å²) < 4.78 is 0. The van der Waals surface area contributed by atoms with Gasteiger partial charge in [-0.15, -0.1) is 11.3 Å². The second kappa shape index (κ2) is 4.13. The van der Waals surface area contributed by atoms with Gasteiger partial charge in [0.25, 0.3) is 0 Å². The number of fused-ring (bicyclic) bond motifs is 1. The standard InChI is InChI=1S/C13H14N2OS/c1-15-5-4-9-6-10(2-3-12(9)15)13-14-7-11(8-16)17-13/h2-3,6-7,16H,4-5,8H2,1H3. The summed E-state index contributed by atoms with van der Waals surface area (Å²) in [6.45, 7) is 1.17. The van der Waals surface area contributed by atoms with Crippen molar-refractivity contribution >= 4 is 17.0 Å². The Morgan fingerprint density at radius 1 is 1.47 bits per heavy atom. The topological polar surface area (TPSA) is 36.4 Å². The summed E-state index contributed by atoms with van der Waals surface area (Å²) in [5, 5.41) is 10.0. The first-order valence-electron chi connectivity index (χ1n) is 5.68. The van der Waals surface area contributed by atoms with Crippen molar-refractivity contribution in [3.05, 3.63) is 34.8 Å². The lowest BCUT2D eigenvalue weighted by Gasteiger charge is -2.11. The molecule has 0 aliphatic carbocycles. The summed E-state index contributed by atoms with van der Waals surface area (Å²) in [4.78, 5) is 7.54. The van der Waals surface area contributed by atoms with Crippen molar-refractivity contribution in [1.29, 1.82) is 0 Å². The number of hydrogen-bond acceptors (Lipinski definition) is 4. The Morgan fingerprint density at radius 3 is 3.12 bits per heavy atom. The SMILES string of the molecule is CN1CCc2cc(-c3ncc(CO)s3)ccc21. The molecule has 1 aromatic carbocycles. The molecule has 1 N–H and O–H groups in total. The van der Waals surface area contributed by atoms with E-state index in [-0.39, 0.29) is 6.61 Å². The molecule has 2 aromatic rings. The van der Waals surface area contributed by atoms with Gasteiger partial charge in [0, 0.05) is 31.0 Å². The zero-order valence-corrected chi connectivity index (χ0v) is 10.5. The quantitative estimate of drug-likeness (QED) is 0.883. The molecule has 0 atom stereocenters. The number of aliphatic hydroxyl groups excluding tert-OH is 1. The number of anilines is 1. The molecule has 1 aliphatic rings. The number of thiazole rings is 1. The largest absolute Gasteiger partial charge is 0.391 e. The first-order chi connectivity index (χ1) is 8.28. The van der Waals surface area contributed by atoms with Gasteiger partial charge in [-0.1, -0.05) is 0 Å². The molecular formula is C13H14N2OS. The predicted octanol–water partition coefficient (Wildman–Crippen LogP) is 2.29. The number of aromatic nitrogens is 1. The molecule has 0 amide bonds. The third-order valence-corrected chi connectivity index (χ3v) is 4.19. The zero-order valence-electron chi connectivity index (χ0n) is 9.68. The van der Waals surface area contributed by atoms with E-state index in [1.807, 2.05) is 0 Å². The Labute approximate surface area is 104 Å². The molecule has 3 nitrogen and oxygen atoms in total. The average Bonchev–Trinajstić information content (AvgIpc) is 2.96. The monoisotopic (exact) mass is 246 g/mol. The molecule has 88 valence electrons. The van der Waals surface area contributed by atoms with Gasteiger partial charge in [0.2, 0.25) is 0 Å². The Bertz CT molecular complexity index is 550. The van der Waals surface area contributed by atoms with Gasteiger partial charge in [0.15, 0.2) is 0 Å². The Kier molecular flexibility index (Phi) is 2.61. The number of aliphatic hydroxyl groups is 1. The van der Waals surface area contributed by atoms with Gasteiger partial charge in [-0.3, -0.25) is 0 Å². The second-order valence-electron chi connectivity index (χ2n) is 4.30. The van der Waals surface area contributed by atoms with Crippen LogP contribution in [0.5, 0.6) is 0 Å². The molecule has 17 heavy (non-hydrogen) atoms. The molecule has 0 radical (unpaired) electrons. The lowest BCUT2D eigenvalue weighted by atomic mass is 10.1. The maximum absolute atomic E-state index is 9.05. The van der Waals surface area contributed by atoms with Crippen LogP contribution in [0, 0.1) is 0 Å². The maximum atomic E-state index is 9.05. The van der Waals surface area contributed by atoms with Crippen molar-refractivity contribution in [2.24, 2.45) is 0 Å². The Morgan fingerprint density at radius 2 is 2.35 bits per heavy atom. The molecule has 2 heterocycles. The van der Waals surface area contributed by atoms with E-state index in [2.05, 4.69) is 35.1 Å². The van der Waals surface area contributed by atoms with E-state index in [4.69, 9.17) is 5.11 Å². The number of likely N-dealkylation sites (N-methyl/N-ethyl adjacent to an activating group) is 1. The maximum Gasteiger partial charge on any atom is 0.123 e. The highest BCUT2D eigenvalue weighted by molar-refractivity contribution is 7.15. The molecule has 4 heteroatoms. The molecule has 0 spiro atoms. The minimum absolute atomic E-state index is 0.0747. The third kappa shape index (κ3) is 1.83. The van der Waals surface area contributed by atoms with E-state index >= 15 is 0 Å². The lowest BCUT2D eigenvalue weighted by Crippen LogP contribution is -2.12. The van der Waals surface area contributed by atoms with E-state index < -0.39 is 0 Å². The molecule has 0 saturated heterocycles. The fraction of sp³-hybridized carbons (Fsp3) is 0.308. The van der Waals surface area contributed by atoms with Gasteiger partial charge in [-0.05, 0) is 30.2 Å². The zero-order chi connectivity index (χ0) is 11.8. The fourth-order valence-corrected chi connectivity index (χ4v) is 2.98. The van der Waals surface area contributed by atoms with Crippen LogP contribution in [-0.4, -0.2) is 23.7 Å². The molecule has 1 aromatic heterocycles. The molecule has 0 bridgehead atoms. The summed E-state index contributed by atoms with van der Waals surface area (Å²) in [5.41, 5.74) is 3.88. The Balaban J connectivity index is 1.99. The van der Waals surface area contributed by atoms with Gasteiger partial charge in [0.1, 0.15) is 5.01 Å². The van der Waals surface area contributed by atoms with E-state index in [0.717, 1.165) is 28.4 Å². The van der Waals surface area contributed by atoms with Crippen LogP contribution in [-0.2, 0) is 13.0 Å². The highest BCUT2D eigenvalue weighted by Crippen LogP contribution is 2.32. The summed E-state index contributed by atoms with van der Waals surface area (Å²) >= 11 is 1.56. The molecule has 3 rings (SSSR count). The van der Waals surface area contributed by atoms with Crippen LogP contribution in [0.2, 0.25) is 0 Å². The number of hydrogen-bond donors (Lipinski definition) is 1. The summed E-state index contributed by atoms with van der Waals surface area (Å²) in [5.74, 6) is 0. The van der Waals surface area contributed by atoms with Crippen LogP contribution in [0.3, 0.4) is 0 Å². The number of nitrogens with zero attached hydrogens (tertiary/aromatic N) is 2. The molecule has 0 fully saturated rings. The van der Waals surface area contributed by atoms with Crippen LogP contribution >= 0.6 is 11.3 Å². The number of rotatable bonds is 2. The van der Waals surface area contributed by atoms with Crippen LogP contribution < -0.4 is 4.90 Å². The van der Waals surface area contributed by atoms with Crippen molar-refractivity contribution in [2.75, 3.05) is 18.5 Å². The molecular weight excluding hydrogens is 232 g/mol. The van der Waals surface area contributed by atoms with Gasteiger partial charge in [0.05, 0.1) is 11.5 Å². The van der Waals surface area contributed by atoms with Crippen LogP contribution in [0.1, 0.15) is 10.4 Å². The second-order valence-corrected chi connectivity index (χ2v) is 5.42. The molecule has 0 unspecified atom stereocenters. The summed E-state index contributed by atoms with van der Waals surface area (Å²) in [6, 6.07) is 6.50. The third-order valence-electron chi connectivity index (χ3n) is 3.16. The van der Waals surface area contributed by atoms with Gasteiger partial charge < -0.3 is 10.0 Å². The van der Waals surface area contributed by atoms with E-state index in [1.54, 1.807) is 17.5 Å². The lowest BCUT2D eigenvalue weighted by molar-refractivity contribution is 0.285. The van der Waals surface area contributed by atoms with E-state index in [1.165, 1.54) is 11.3 Å². The van der Waals surface area contributed by atoms with Gasteiger partial charge >= 0.3 is 0 Å². The molecule has 0 saturated carbocycles. The summed E-state index contributed by atoms with van der Waals surface area (Å²) in [6.07, 6.45) is 2.86. The van der Waals surface area contributed by atoms with Gasteiger partial charge in [-0.2, -0.15) is 0 Å². The van der Waals surface area contributed by atoms with Crippen molar-refractivity contribution in [2.45, 2.75) is 13.0 Å². The van der Waals surface area contributed by atoms with E-state index in [9.17, 15) is 0 Å². The highest BCUT2D eigenvalue weighted by Gasteiger charge is 2.16. The predicted molar refractivity (Wildman–Crippen MR) is 70.4 cm³/mol. The van der Waals surface area contributed by atoms with Crippen LogP contribution in [0.4, 0.5) is 5.69 Å². The smallest absolute Gasteiger partial charge is 0.123 e. The minimum Gasteiger partial charge on any atom is -0.391 e. The first kappa shape index (κ1) is 10.7. The van der Waals surface area contributed by atoms with Crippen LogP contribution in [0.15, 0.2) is 24.4 Å². The van der Waals surface area contributed by atoms with E-state index in [0.29, 0.717) is 0 Å². The number of benzene rings is 1. The van der Waals surface area contributed by atoms with Crippen molar-refractivity contribution in [3.63, 3.8) is 0 Å². The van der Waals surface area contributed by atoms with Crippen molar-refractivity contribution < 1.29 is 5.11 Å². The first-order valence-corrected chi connectivity index (χ1v) is 6.49. The normalized spacial score (nSPS) is 14.1. The molecule has 1 aliphatic heterocycles. The van der Waals surface area contributed by atoms with Crippen LogP contribution in [0.25, 0.3) is 10.6 Å². The summed E-state index contributed by atoms with van der Waals surface area (Å²) in [7, 11) is 2.12. The van der Waals surface area contributed by atoms with Crippen molar-refractivity contribution in [3.8, 4) is 10.6 Å².